The third-order valence-electron chi connectivity index (χ3n) is 5.09. The molecular formula is C20H24N4O2. The van der Waals surface area contributed by atoms with Crippen LogP contribution < -0.4 is 4.90 Å². The second-order valence-corrected chi connectivity index (χ2v) is 7.13. The molecule has 0 saturated carbocycles. The number of carbonyl (C=O) groups excluding carboxylic acids is 1. The standard InChI is InChI=1S/C20H24N4O2/c1-23(2)19-16-8-10-24(20(25)15-9-11-26-13-15)12-17(16)21-18(22-19)14-6-4-3-5-7-14/h3-7,15H,8-13H2,1-2H3/t15-/m0/s1. The fourth-order valence-electron chi connectivity index (χ4n) is 3.67. The molecule has 0 N–H and O–H groups in total. The Morgan fingerprint density at radius 3 is 2.73 bits per heavy atom. The third-order valence-corrected chi connectivity index (χ3v) is 5.09. The Morgan fingerprint density at radius 1 is 1.23 bits per heavy atom. The molecule has 1 saturated heterocycles. The number of benzene rings is 1. The number of rotatable bonds is 3. The van der Waals surface area contributed by atoms with E-state index in [9.17, 15) is 4.79 Å². The summed E-state index contributed by atoms with van der Waals surface area (Å²) >= 11 is 0. The van der Waals surface area contributed by atoms with E-state index in [1.165, 1.54) is 0 Å². The minimum atomic E-state index is 0.000278. The Bertz CT molecular complexity index is 801. The summed E-state index contributed by atoms with van der Waals surface area (Å²) in [5, 5.41) is 0. The highest BCUT2D eigenvalue weighted by molar-refractivity contribution is 5.79. The maximum atomic E-state index is 12.8. The highest BCUT2D eigenvalue weighted by Gasteiger charge is 2.32. The first-order chi connectivity index (χ1) is 12.6. The second kappa shape index (κ2) is 7.03. The van der Waals surface area contributed by atoms with Gasteiger partial charge in [0, 0.05) is 38.4 Å². The molecule has 136 valence electrons. The summed E-state index contributed by atoms with van der Waals surface area (Å²) in [6, 6.07) is 10.00. The Morgan fingerprint density at radius 2 is 2.04 bits per heavy atom. The van der Waals surface area contributed by atoms with E-state index < -0.39 is 0 Å². The van der Waals surface area contributed by atoms with Crippen LogP contribution >= 0.6 is 0 Å². The van der Waals surface area contributed by atoms with Gasteiger partial charge in [0.15, 0.2) is 5.82 Å². The molecule has 6 heteroatoms. The van der Waals surface area contributed by atoms with Gasteiger partial charge in [-0.3, -0.25) is 4.79 Å². The molecule has 1 atom stereocenters. The first-order valence-corrected chi connectivity index (χ1v) is 9.12. The molecule has 4 rings (SSSR count). The van der Waals surface area contributed by atoms with Crippen LogP contribution in [0.25, 0.3) is 11.4 Å². The first kappa shape index (κ1) is 17.0. The van der Waals surface area contributed by atoms with E-state index in [4.69, 9.17) is 14.7 Å². The van der Waals surface area contributed by atoms with Crippen LogP contribution in [0.2, 0.25) is 0 Å². The van der Waals surface area contributed by atoms with Crippen LogP contribution in [0.15, 0.2) is 30.3 Å². The predicted octanol–water partition coefficient (Wildman–Crippen LogP) is 2.13. The number of amides is 1. The molecule has 0 spiro atoms. The average Bonchev–Trinajstić information content (AvgIpc) is 3.21. The van der Waals surface area contributed by atoms with Crippen molar-refractivity contribution >= 4 is 11.7 Å². The summed E-state index contributed by atoms with van der Waals surface area (Å²) < 4.78 is 5.39. The van der Waals surface area contributed by atoms with E-state index in [0.717, 1.165) is 42.0 Å². The molecule has 1 aromatic carbocycles. The van der Waals surface area contributed by atoms with Crippen molar-refractivity contribution in [1.29, 1.82) is 0 Å². The number of anilines is 1. The highest BCUT2D eigenvalue weighted by Crippen LogP contribution is 2.29. The van der Waals surface area contributed by atoms with Gasteiger partial charge in [0.1, 0.15) is 5.82 Å². The second-order valence-electron chi connectivity index (χ2n) is 7.13. The van der Waals surface area contributed by atoms with E-state index in [2.05, 4.69) is 0 Å². The summed E-state index contributed by atoms with van der Waals surface area (Å²) in [4.78, 5) is 26.4. The summed E-state index contributed by atoms with van der Waals surface area (Å²) in [5.74, 6) is 1.86. The summed E-state index contributed by atoms with van der Waals surface area (Å²) in [7, 11) is 4.01. The van der Waals surface area contributed by atoms with Gasteiger partial charge < -0.3 is 14.5 Å². The lowest BCUT2D eigenvalue weighted by atomic mass is 10.0. The smallest absolute Gasteiger partial charge is 0.228 e. The van der Waals surface area contributed by atoms with Crippen molar-refractivity contribution in [3.05, 3.63) is 41.6 Å². The van der Waals surface area contributed by atoms with Crippen LogP contribution in [-0.4, -0.2) is 54.6 Å². The van der Waals surface area contributed by atoms with Crippen molar-refractivity contribution < 1.29 is 9.53 Å². The number of nitrogens with zero attached hydrogens (tertiary/aromatic N) is 4. The molecule has 2 aliphatic rings. The minimum Gasteiger partial charge on any atom is -0.381 e. The highest BCUT2D eigenvalue weighted by atomic mass is 16.5. The van der Waals surface area contributed by atoms with Crippen molar-refractivity contribution in [2.24, 2.45) is 5.92 Å². The lowest BCUT2D eigenvalue weighted by Gasteiger charge is -2.32. The summed E-state index contributed by atoms with van der Waals surface area (Å²) in [5.41, 5.74) is 3.11. The molecule has 1 amide bonds. The zero-order valence-electron chi connectivity index (χ0n) is 15.3. The normalized spacial score (nSPS) is 19.3. The van der Waals surface area contributed by atoms with Crippen LogP contribution in [0.1, 0.15) is 17.7 Å². The maximum absolute atomic E-state index is 12.8. The van der Waals surface area contributed by atoms with Gasteiger partial charge in [-0.2, -0.15) is 0 Å². The minimum absolute atomic E-state index is 0.000278. The number of aromatic nitrogens is 2. The molecule has 2 aromatic rings. The Hall–Kier alpha value is -2.47. The van der Waals surface area contributed by atoms with Crippen LogP contribution in [-0.2, 0) is 22.5 Å². The van der Waals surface area contributed by atoms with Crippen molar-refractivity contribution in [2.75, 3.05) is 38.8 Å². The third kappa shape index (κ3) is 3.17. The maximum Gasteiger partial charge on any atom is 0.228 e. The van der Waals surface area contributed by atoms with Crippen molar-refractivity contribution in [1.82, 2.24) is 14.9 Å². The molecule has 0 bridgehead atoms. The number of fused-ring (bicyclic) bond motifs is 1. The van der Waals surface area contributed by atoms with E-state index in [1.807, 2.05) is 54.2 Å². The monoisotopic (exact) mass is 352 g/mol. The van der Waals surface area contributed by atoms with Gasteiger partial charge in [0.05, 0.1) is 24.8 Å². The molecule has 6 nitrogen and oxygen atoms in total. The Labute approximate surface area is 153 Å². The number of hydrogen-bond acceptors (Lipinski definition) is 5. The molecule has 0 unspecified atom stereocenters. The number of hydrogen-bond donors (Lipinski definition) is 0. The van der Waals surface area contributed by atoms with Gasteiger partial charge in [0.25, 0.3) is 0 Å². The largest absolute Gasteiger partial charge is 0.381 e. The fourth-order valence-corrected chi connectivity index (χ4v) is 3.67. The molecule has 26 heavy (non-hydrogen) atoms. The summed E-state index contributed by atoms with van der Waals surface area (Å²) in [6.07, 6.45) is 1.61. The molecule has 2 aliphatic heterocycles. The van der Waals surface area contributed by atoms with Crippen molar-refractivity contribution in [2.45, 2.75) is 19.4 Å². The lowest BCUT2D eigenvalue weighted by Crippen LogP contribution is -2.41. The fraction of sp³-hybridized carbons (Fsp3) is 0.450. The van der Waals surface area contributed by atoms with Crippen LogP contribution in [0.4, 0.5) is 5.82 Å². The quantitative estimate of drug-likeness (QED) is 0.847. The predicted molar refractivity (Wildman–Crippen MR) is 99.8 cm³/mol. The molecule has 3 heterocycles. The van der Waals surface area contributed by atoms with E-state index in [1.54, 1.807) is 0 Å². The van der Waals surface area contributed by atoms with Crippen molar-refractivity contribution in [3.8, 4) is 11.4 Å². The zero-order valence-corrected chi connectivity index (χ0v) is 15.3. The van der Waals surface area contributed by atoms with E-state index in [0.29, 0.717) is 25.6 Å². The number of carbonyl (C=O) groups is 1. The van der Waals surface area contributed by atoms with E-state index >= 15 is 0 Å². The van der Waals surface area contributed by atoms with Gasteiger partial charge in [-0.25, -0.2) is 9.97 Å². The number of ether oxygens (including phenoxy) is 1. The molecular weight excluding hydrogens is 328 g/mol. The van der Waals surface area contributed by atoms with Gasteiger partial charge in [0.2, 0.25) is 5.91 Å². The Kier molecular flexibility index (Phi) is 4.59. The topological polar surface area (TPSA) is 58.6 Å². The van der Waals surface area contributed by atoms with Gasteiger partial charge in [-0.1, -0.05) is 30.3 Å². The van der Waals surface area contributed by atoms with Crippen LogP contribution in [0.5, 0.6) is 0 Å². The Balaban J connectivity index is 1.68. The SMILES string of the molecule is CN(C)c1nc(-c2ccccc2)nc2c1CCN(C(=O)[C@H]1CCOC1)C2. The first-order valence-electron chi connectivity index (χ1n) is 9.12. The molecule has 0 aliphatic carbocycles. The van der Waals surface area contributed by atoms with Crippen LogP contribution in [0, 0.1) is 5.92 Å². The zero-order chi connectivity index (χ0) is 18.1. The van der Waals surface area contributed by atoms with Gasteiger partial charge in [-0.05, 0) is 12.8 Å². The van der Waals surface area contributed by atoms with Crippen molar-refractivity contribution in [3.63, 3.8) is 0 Å². The summed E-state index contributed by atoms with van der Waals surface area (Å²) in [6.45, 7) is 2.50. The molecule has 0 radical (unpaired) electrons. The molecule has 1 aromatic heterocycles. The van der Waals surface area contributed by atoms with Crippen LogP contribution in [0.3, 0.4) is 0 Å². The lowest BCUT2D eigenvalue weighted by molar-refractivity contribution is -0.136. The van der Waals surface area contributed by atoms with E-state index in [-0.39, 0.29) is 11.8 Å². The molecule has 1 fully saturated rings. The van der Waals surface area contributed by atoms with Gasteiger partial charge in [-0.15, -0.1) is 0 Å². The van der Waals surface area contributed by atoms with Gasteiger partial charge >= 0.3 is 0 Å². The average molecular weight is 352 g/mol.